The van der Waals surface area contributed by atoms with E-state index in [1.165, 1.54) is 0 Å². The highest BCUT2D eigenvalue weighted by molar-refractivity contribution is 14.1. The van der Waals surface area contributed by atoms with Gasteiger partial charge in [0.1, 0.15) is 22.8 Å². The molecule has 298 valence electrons. The number of aliphatic imine (C=N–C) groups is 1. The second kappa shape index (κ2) is 19.8. The van der Waals surface area contributed by atoms with Crippen molar-refractivity contribution in [2.45, 2.75) is 104 Å². The van der Waals surface area contributed by atoms with Crippen molar-refractivity contribution >= 4 is 101 Å². The minimum absolute atomic E-state index is 0.186. The zero-order chi connectivity index (χ0) is 41.4. The number of hydrogen-bond acceptors (Lipinski definition) is 7. The molecule has 0 bridgehead atoms. The zero-order valence-corrected chi connectivity index (χ0v) is 40.3. The molecular weight excluding hydrogens is 1070 g/mol. The average molecular weight is 1110 g/mol. The molecular formula is C44H48Br2I2N2O6. The third-order valence-electron chi connectivity index (χ3n) is 8.09. The van der Waals surface area contributed by atoms with E-state index in [1.54, 1.807) is 20.8 Å². The van der Waals surface area contributed by atoms with Gasteiger partial charge < -0.3 is 19.5 Å². The number of ether oxygens (including phenoxy) is 3. The van der Waals surface area contributed by atoms with Crippen molar-refractivity contribution in [2.75, 3.05) is 0 Å². The summed E-state index contributed by atoms with van der Waals surface area (Å²) in [5.74, 6) is -0.978. The largest absolute Gasteiger partial charge is 0.458 e. The van der Waals surface area contributed by atoms with E-state index in [0.717, 1.165) is 43.9 Å². The maximum atomic E-state index is 13.8. The van der Waals surface area contributed by atoms with E-state index in [1.807, 2.05) is 120 Å². The molecule has 4 aromatic rings. The molecule has 0 radical (unpaired) electrons. The lowest BCUT2D eigenvalue weighted by molar-refractivity contribution is -0.159. The van der Waals surface area contributed by atoms with Crippen LogP contribution < -0.4 is 5.32 Å². The number of amides is 1. The van der Waals surface area contributed by atoms with Gasteiger partial charge in [-0.25, -0.2) is 14.4 Å². The maximum Gasteiger partial charge on any atom is 0.408 e. The number of nitrogens with zero attached hydrogens (tertiary/aromatic N) is 1. The van der Waals surface area contributed by atoms with Crippen molar-refractivity contribution < 1.29 is 28.6 Å². The van der Waals surface area contributed by atoms with Gasteiger partial charge in [-0.05, 0) is 142 Å². The molecule has 4 aromatic carbocycles. The van der Waals surface area contributed by atoms with Crippen molar-refractivity contribution in [2.24, 2.45) is 4.99 Å². The third kappa shape index (κ3) is 14.8. The van der Waals surface area contributed by atoms with Crippen molar-refractivity contribution in [1.82, 2.24) is 5.32 Å². The van der Waals surface area contributed by atoms with Gasteiger partial charge in [0.25, 0.3) is 0 Å². The minimum atomic E-state index is -1.01. The molecule has 1 N–H and O–H groups in total. The first-order valence-electron chi connectivity index (χ1n) is 18.1. The van der Waals surface area contributed by atoms with Crippen LogP contribution >= 0.6 is 77.0 Å². The highest BCUT2D eigenvalue weighted by Crippen LogP contribution is 2.26. The maximum absolute atomic E-state index is 13.8. The Morgan fingerprint density at radius 1 is 0.696 bits per heavy atom. The number of alkyl carbamates (subject to hydrolysis) is 1. The van der Waals surface area contributed by atoms with Gasteiger partial charge in [-0.2, -0.15) is 0 Å². The Balaban J connectivity index is 1.61. The lowest BCUT2D eigenvalue weighted by atomic mass is 9.95. The van der Waals surface area contributed by atoms with E-state index in [-0.39, 0.29) is 6.42 Å². The van der Waals surface area contributed by atoms with Gasteiger partial charge in [0.05, 0.1) is 5.71 Å². The van der Waals surface area contributed by atoms with Crippen LogP contribution in [0.5, 0.6) is 0 Å². The summed E-state index contributed by atoms with van der Waals surface area (Å²) in [6.45, 7) is 14.5. The smallest absolute Gasteiger partial charge is 0.408 e. The first-order valence-corrected chi connectivity index (χ1v) is 21.9. The number of carbonyl (C=O) groups is 3. The quantitative estimate of drug-likeness (QED) is 0.0619. The Morgan fingerprint density at radius 2 is 1.30 bits per heavy atom. The van der Waals surface area contributed by atoms with Crippen molar-refractivity contribution in [1.29, 1.82) is 0 Å². The molecule has 4 rings (SSSR count). The topological polar surface area (TPSA) is 103 Å². The Morgan fingerprint density at radius 3 is 1.89 bits per heavy atom. The van der Waals surface area contributed by atoms with Gasteiger partial charge >= 0.3 is 18.0 Å². The first kappa shape index (κ1) is 45.9. The SMILES string of the molecule is CC(C)(C)OC(=O)NC(Cc1ccc(Br)cc1Br)C(=O)OC(C)(C)Cc1ccc(C(=NC(Cc2ccc(I)cc2I)C(=O)OC(C)(C)C)c2ccccc2)cc1. The second-order valence-electron chi connectivity index (χ2n) is 16.0. The zero-order valence-electron chi connectivity index (χ0n) is 32.8. The fourth-order valence-corrected chi connectivity index (χ4v) is 8.75. The lowest BCUT2D eigenvalue weighted by Crippen LogP contribution is -2.48. The molecule has 0 aromatic heterocycles. The highest BCUT2D eigenvalue weighted by Gasteiger charge is 2.32. The Kier molecular flexibility index (Phi) is 16.2. The first-order chi connectivity index (χ1) is 26.1. The second-order valence-corrected chi connectivity index (χ2v) is 20.2. The molecule has 0 fully saturated rings. The van der Waals surface area contributed by atoms with Crippen LogP contribution in [0.2, 0.25) is 0 Å². The molecule has 0 heterocycles. The van der Waals surface area contributed by atoms with Crippen molar-refractivity contribution in [3.8, 4) is 0 Å². The Bertz CT molecular complexity index is 2040. The van der Waals surface area contributed by atoms with Crippen LogP contribution in [0.1, 0.15) is 83.2 Å². The molecule has 0 aliphatic heterocycles. The molecule has 0 aliphatic carbocycles. The number of benzene rings is 4. The van der Waals surface area contributed by atoms with E-state index in [4.69, 9.17) is 19.2 Å². The number of halogens is 4. The summed E-state index contributed by atoms with van der Waals surface area (Å²) in [6.07, 6.45) is 0.245. The van der Waals surface area contributed by atoms with E-state index in [0.29, 0.717) is 18.6 Å². The van der Waals surface area contributed by atoms with Gasteiger partial charge in [-0.15, -0.1) is 0 Å². The number of carbonyl (C=O) groups excluding carboxylic acids is 3. The van der Waals surface area contributed by atoms with Crippen molar-refractivity contribution in [3.05, 3.63) is 135 Å². The van der Waals surface area contributed by atoms with Crippen LogP contribution in [0.3, 0.4) is 0 Å². The molecule has 8 nitrogen and oxygen atoms in total. The third-order valence-corrected chi connectivity index (χ3v) is 11.0. The van der Waals surface area contributed by atoms with Crippen LogP contribution in [-0.4, -0.2) is 52.6 Å². The summed E-state index contributed by atoms with van der Waals surface area (Å²) in [4.78, 5) is 45.5. The Labute approximate surface area is 374 Å². The predicted molar refractivity (Wildman–Crippen MR) is 246 cm³/mol. The molecule has 0 saturated carbocycles. The summed E-state index contributed by atoms with van der Waals surface area (Å²) in [6, 6.07) is 27.7. The predicted octanol–water partition coefficient (Wildman–Crippen LogP) is 11.2. The summed E-state index contributed by atoms with van der Waals surface area (Å²) < 4.78 is 21.3. The lowest BCUT2D eigenvalue weighted by Gasteiger charge is -2.29. The van der Waals surface area contributed by atoms with Gasteiger partial charge in [0.2, 0.25) is 0 Å². The van der Waals surface area contributed by atoms with Gasteiger partial charge in [0, 0.05) is 46.5 Å². The highest BCUT2D eigenvalue weighted by atomic mass is 127. The standard InChI is InChI=1S/C44H48Br2I2N2O6/c1-42(2,3)54-39(51)36(23-31-19-21-33(47)25-35(31)48)49-38(28-12-10-9-11-13-28)29-16-14-27(15-17-29)26-44(7,8)55-40(52)37(50-41(53)56-43(4,5)6)22-30-18-20-32(45)24-34(30)46/h9-21,24-25,36-37H,22-23,26H2,1-8H3,(H,50,53). The number of hydrogen-bond donors (Lipinski definition) is 1. The number of rotatable bonds is 13. The van der Waals surface area contributed by atoms with Gasteiger partial charge in [-0.3, -0.25) is 4.99 Å². The van der Waals surface area contributed by atoms with Crippen LogP contribution in [0, 0.1) is 7.14 Å². The fourth-order valence-electron chi connectivity index (χ4n) is 5.72. The molecule has 12 heteroatoms. The van der Waals surface area contributed by atoms with Crippen LogP contribution in [0.25, 0.3) is 0 Å². The fraction of sp³-hybridized carbons (Fsp3) is 0.364. The van der Waals surface area contributed by atoms with Gasteiger partial charge in [-0.1, -0.05) is 98.6 Å². The van der Waals surface area contributed by atoms with Gasteiger partial charge in [0.15, 0.2) is 6.04 Å². The summed E-state index contributed by atoms with van der Waals surface area (Å²) >= 11 is 11.6. The van der Waals surface area contributed by atoms with E-state index in [9.17, 15) is 14.4 Å². The normalized spacial score (nSPS) is 13.4. The van der Waals surface area contributed by atoms with Crippen molar-refractivity contribution in [3.63, 3.8) is 0 Å². The molecule has 0 saturated heterocycles. The molecule has 0 spiro atoms. The minimum Gasteiger partial charge on any atom is -0.458 e. The molecule has 2 atom stereocenters. The number of esters is 2. The molecule has 56 heavy (non-hydrogen) atoms. The van der Waals surface area contributed by atoms with E-state index in [2.05, 4.69) is 88.4 Å². The van der Waals surface area contributed by atoms with E-state index < -0.39 is 46.9 Å². The summed E-state index contributed by atoms with van der Waals surface area (Å²) in [5, 5.41) is 2.73. The summed E-state index contributed by atoms with van der Waals surface area (Å²) in [5.41, 5.74) is 2.73. The molecule has 0 aliphatic rings. The molecule has 2 unspecified atom stereocenters. The monoisotopic (exact) mass is 1110 g/mol. The average Bonchev–Trinajstić information content (AvgIpc) is 3.07. The van der Waals surface area contributed by atoms with Crippen LogP contribution in [-0.2, 0) is 43.1 Å². The van der Waals surface area contributed by atoms with Crippen LogP contribution in [0.4, 0.5) is 4.79 Å². The number of nitrogens with one attached hydrogen (secondary N) is 1. The Hall–Kier alpha value is -2.82. The summed E-state index contributed by atoms with van der Waals surface area (Å²) in [7, 11) is 0. The van der Waals surface area contributed by atoms with Crippen LogP contribution in [0.15, 0.2) is 105 Å². The van der Waals surface area contributed by atoms with E-state index >= 15 is 0 Å². The molecule has 1 amide bonds.